The van der Waals surface area contributed by atoms with E-state index in [9.17, 15) is 9.59 Å². The van der Waals surface area contributed by atoms with Crippen LogP contribution in [0.5, 0.6) is 0 Å². The number of morpholine rings is 1. The van der Waals surface area contributed by atoms with Crippen LogP contribution in [0.2, 0.25) is 0 Å². The van der Waals surface area contributed by atoms with E-state index in [-0.39, 0.29) is 30.4 Å². The highest BCUT2D eigenvalue weighted by Gasteiger charge is 2.28. The van der Waals surface area contributed by atoms with E-state index in [2.05, 4.69) is 5.32 Å². The molecule has 0 saturated carbocycles. The number of amides is 2. The highest BCUT2D eigenvalue weighted by molar-refractivity contribution is 5.95. The van der Waals surface area contributed by atoms with Crippen LogP contribution in [-0.4, -0.2) is 37.6 Å². The number of rotatable bonds is 6. The van der Waals surface area contributed by atoms with Crippen LogP contribution in [0.25, 0.3) is 0 Å². The summed E-state index contributed by atoms with van der Waals surface area (Å²) in [5.41, 5.74) is 2.00. The Labute approximate surface area is 138 Å². The van der Waals surface area contributed by atoms with Crippen LogP contribution < -0.4 is 10.2 Å². The predicted octanol–water partition coefficient (Wildman–Crippen LogP) is 2.28. The Hall–Kier alpha value is -1.88. The Bertz CT molecular complexity index is 555. The molecule has 5 heteroatoms. The van der Waals surface area contributed by atoms with Crippen LogP contribution in [0, 0.1) is 12.8 Å². The third-order valence-corrected chi connectivity index (χ3v) is 4.30. The highest BCUT2D eigenvalue weighted by Crippen LogP contribution is 2.19. The first-order valence-electron chi connectivity index (χ1n) is 8.31. The van der Waals surface area contributed by atoms with Gasteiger partial charge < -0.3 is 15.0 Å². The Morgan fingerprint density at radius 2 is 2.13 bits per heavy atom. The zero-order valence-corrected chi connectivity index (χ0v) is 14.2. The van der Waals surface area contributed by atoms with E-state index in [1.807, 2.05) is 45.0 Å². The summed E-state index contributed by atoms with van der Waals surface area (Å²) in [4.78, 5) is 25.9. The highest BCUT2D eigenvalue weighted by atomic mass is 16.5. The molecule has 1 aromatic carbocycles. The number of anilines is 1. The molecular weight excluding hydrogens is 292 g/mol. The van der Waals surface area contributed by atoms with Gasteiger partial charge in [-0.05, 0) is 37.5 Å². The maximum atomic E-state index is 12.1. The quantitative estimate of drug-likeness (QED) is 0.875. The lowest BCUT2D eigenvalue weighted by Crippen LogP contribution is -2.51. The molecule has 1 atom stereocenters. The number of nitrogens with zero attached hydrogens (tertiary/aromatic N) is 1. The molecule has 1 fully saturated rings. The maximum Gasteiger partial charge on any atom is 0.253 e. The fourth-order valence-corrected chi connectivity index (χ4v) is 2.81. The van der Waals surface area contributed by atoms with E-state index < -0.39 is 0 Å². The van der Waals surface area contributed by atoms with E-state index in [1.54, 1.807) is 4.90 Å². The largest absolute Gasteiger partial charge is 0.365 e. The third-order valence-electron chi connectivity index (χ3n) is 4.30. The Morgan fingerprint density at radius 1 is 1.39 bits per heavy atom. The van der Waals surface area contributed by atoms with Crippen molar-refractivity contribution in [3.8, 4) is 0 Å². The van der Waals surface area contributed by atoms with E-state index in [1.165, 1.54) is 0 Å². The van der Waals surface area contributed by atoms with E-state index in [4.69, 9.17) is 4.74 Å². The summed E-state index contributed by atoms with van der Waals surface area (Å²) in [6.45, 7) is 6.99. The number of hydrogen-bond acceptors (Lipinski definition) is 3. The molecule has 1 heterocycles. The molecule has 23 heavy (non-hydrogen) atoms. The fraction of sp³-hybridized carbons (Fsp3) is 0.556. The van der Waals surface area contributed by atoms with Gasteiger partial charge in [0, 0.05) is 18.2 Å². The van der Waals surface area contributed by atoms with Crippen molar-refractivity contribution in [2.75, 3.05) is 24.6 Å². The van der Waals surface area contributed by atoms with E-state index >= 15 is 0 Å². The molecule has 2 rings (SSSR count). The molecule has 1 N–H and O–H groups in total. The van der Waals surface area contributed by atoms with Crippen LogP contribution in [0.1, 0.15) is 32.3 Å². The third kappa shape index (κ3) is 4.55. The van der Waals surface area contributed by atoms with Crippen molar-refractivity contribution in [3.05, 3.63) is 29.8 Å². The molecule has 2 amide bonds. The second-order valence-corrected chi connectivity index (χ2v) is 6.03. The molecule has 1 aliphatic rings. The monoisotopic (exact) mass is 318 g/mol. The van der Waals surface area contributed by atoms with Gasteiger partial charge in [-0.15, -0.1) is 0 Å². The van der Waals surface area contributed by atoms with E-state index in [0.29, 0.717) is 13.1 Å². The van der Waals surface area contributed by atoms with Crippen LogP contribution in [0.4, 0.5) is 5.69 Å². The topological polar surface area (TPSA) is 58.6 Å². The maximum absolute atomic E-state index is 12.1. The fourth-order valence-electron chi connectivity index (χ4n) is 2.81. The number of hydrogen-bond donors (Lipinski definition) is 1. The molecule has 1 unspecified atom stereocenters. The number of ether oxygens (including phenoxy) is 1. The SMILES string of the molecule is CCC(CC)C(=O)NCC1CN(c2cccc(C)c2)C(=O)CO1. The normalized spacial score (nSPS) is 18.3. The molecule has 126 valence electrons. The number of aryl methyl sites for hydroxylation is 1. The molecule has 0 spiro atoms. The zero-order valence-electron chi connectivity index (χ0n) is 14.2. The van der Waals surface area contributed by atoms with Gasteiger partial charge in [0.25, 0.3) is 5.91 Å². The number of carbonyl (C=O) groups is 2. The zero-order chi connectivity index (χ0) is 16.8. The van der Waals surface area contributed by atoms with Gasteiger partial charge in [0.1, 0.15) is 6.61 Å². The van der Waals surface area contributed by atoms with Gasteiger partial charge in [-0.2, -0.15) is 0 Å². The van der Waals surface area contributed by atoms with Gasteiger partial charge >= 0.3 is 0 Å². The average molecular weight is 318 g/mol. The van der Waals surface area contributed by atoms with Crippen LogP contribution in [0.3, 0.4) is 0 Å². The summed E-state index contributed by atoms with van der Waals surface area (Å²) in [6.07, 6.45) is 1.50. The first-order chi connectivity index (χ1) is 11.0. The summed E-state index contributed by atoms with van der Waals surface area (Å²) in [5, 5.41) is 2.95. The van der Waals surface area contributed by atoms with Crippen LogP contribution in [0.15, 0.2) is 24.3 Å². The van der Waals surface area contributed by atoms with Gasteiger partial charge in [-0.1, -0.05) is 26.0 Å². The molecule has 5 nitrogen and oxygen atoms in total. The molecule has 0 aliphatic carbocycles. The lowest BCUT2D eigenvalue weighted by molar-refractivity contribution is -0.130. The number of carbonyl (C=O) groups excluding carboxylic acids is 2. The molecule has 1 aromatic rings. The first kappa shape index (κ1) is 17.5. The second-order valence-electron chi connectivity index (χ2n) is 6.03. The van der Waals surface area contributed by atoms with Gasteiger partial charge in [0.2, 0.25) is 5.91 Å². The number of benzene rings is 1. The van der Waals surface area contributed by atoms with Crippen molar-refractivity contribution in [1.82, 2.24) is 5.32 Å². The summed E-state index contributed by atoms with van der Waals surface area (Å²) in [5.74, 6) is 0.0730. The Kier molecular flexibility index (Phi) is 6.16. The Morgan fingerprint density at radius 3 is 2.78 bits per heavy atom. The molecule has 0 radical (unpaired) electrons. The van der Waals surface area contributed by atoms with Gasteiger partial charge in [-0.3, -0.25) is 9.59 Å². The van der Waals surface area contributed by atoms with Crippen molar-refractivity contribution in [3.63, 3.8) is 0 Å². The lowest BCUT2D eigenvalue weighted by Gasteiger charge is -2.33. The predicted molar refractivity (Wildman–Crippen MR) is 90.4 cm³/mol. The Balaban J connectivity index is 1.95. The number of nitrogens with one attached hydrogen (secondary N) is 1. The van der Waals surface area contributed by atoms with Crippen molar-refractivity contribution >= 4 is 17.5 Å². The summed E-state index contributed by atoms with van der Waals surface area (Å²) in [6, 6.07) is 7.86. The minimum atomic E-state index is -0.175. The van der Waals surface area contributed by atoms with Gasteiger partial charge in [0.05, 0.1) is 12.6 Å². The van der Waals surface area contributed by atoms with E-state index in [0.717, 1.165) is 24.1 Å². The molecule has 0 bridgehead atoms. The van der Waals surface area contributed by atoms with Crippen molar-refractivity contribution in [2.45, 2.75) is 39.7 Å². The minimum absolute atomic E-state index is 0.0434. The van der Waals surface area contributed by atoms with Crippen molar-refractivity contribution in [2.24, 2.45) is 5.92 Å². The molecule has 1 aliphatic heterocycles. The standard InChI is InChI=1S/C18H26N2O3/c1-4-14(5-2)18(22)19-10-16-11-20(17(21)12-23-16)15-8-6-7-13(3)9-15/h6-9,14,16H,4-5,10-12H2,1-3H3,(H,19,22). The average Bonchev–Trinajstić information content (AvgIpc) is 2.55. The lowest BCUT2D eigenvalue weighted by atomic mass is 10.0. The summed E-state index contributed by atoms with van der Waals surface area (Å²) < 4.78 is 5.56. The molecule has 1 saturated heterocycles. The smallest absolute Gasteiger partial charge is 0.253 e. The van der Waals surface area contributed by atoms with Gasteiger partial charge in [0.15, 0.2) is 0 Å². The van der Waals surface area contributed by atoms with Crippen molar-refractivity contribution < 1.29 is 14.3 Å². The van der Waals surface area contributed by atoms with Crippen LogP contribution in [-0.2, 0) is 14.3 Å². The molecule has 0 aromatic heterocycles. The first-order valence-corrected chi connectivity index (χ1v) is 8.31. The minimum Gasteiger partial charge on any atom is -0.365 e. The summed E-state index contributed by atoms with van der Waals surface area (Å²) in [7, 11) is 0. The van der Waals surface area contributed by atoms with Gasteiger partial charge in [-0.25, -0.2) is 0 Å². The summed E-state index contributed by atoms with van der Waals surface area (Å²) >= 11 is 0. The second kappa shape index (κ2) is 8.11. The van der Waals surface area contributed by atoms with Crippen molar-refractivity contribution in [1.29, 1.82) is 0 Å². The molecular formula is C18H26N2O3. The van der Waals surface area contributed by atoms with Crippen LogP contribution >= 0.6 is 0 Å².